The third-order valence-electron chi connectivity index (χ3n) is 4.51. The topological polar surface area (TPSA) is 83.7 Å². The predicted octanol–water partition coefficient (Wildman–Crippen LogP) is 1.24. The summed E-state index contributed by atoms with van der Waals surface area (Å²) in [6.45, 7) is 6.72. The quantitative estimate of drug-likeness (QED) is 0.691. The molecule has 1 unspecified atom stereocenters. The van der Waals surface area contributed by atoms with Crippen molar-refractivity contribution in [3.63, 3.8) is 0 Å². The van der Waals surface area contributed by atoms with Gasteiger partial charge in [0.1, 0.15) is 0 Å². The lowest BCUT2D eigenvalue weighted by atomic mass is 10.2. The Morgan fingerprint density at radius 3 is 2.92 bits per heavy atom. The highest BCUT2D eigenvalue weighted by Crippen LogP contribution is 2.25. The molecule has 3 rings (SSSR count). The fourth-order valence-electron chi connectivity index (χ4n) is 2.91. The number of carbonyl (C=O) groups excluding carboxylic acids is 1. The number of nitrogens with one attached hydrogen (secondary N) is 1. The highest BCUT2D eigenvalue weighted by atomic mass is 32.1. The molecule has 142 valence electrons. The van der Waals surface area contributed by atoms with Gasteiger partial charge in [0.25, 0.3) is 0 Å². The van der Waals surface area contributed by atoms with Crippen molar-refractivity contribution in [3.05, 3.63) is 23.4 Å². The molecular formula is C17H25N5O3S. The maximum atomic E-state index is 12.2. The average Bonchev–Trinajstić information content (AvgIpc) is 3.36. The van der Waals surface area contributed by atoms with Crippen molar-refractivity contribution in [2.75, 3.05) is 53.0 Å². The van der Waals surface area contributed by atoms with Crippen LogP contribution in [0.4, 0.5) is 0 Å². The zero-order valence-corrected chi connectivity index (χ0v) is 16.0. The monoisotopic (exact) mass is 379 g/mol. The number of rotatable bonds is 8. The molecule has 1 saturated heterocycles. The molecule has 2 aromatic rings. The summed E-state index contributed by atoms with van der Waals surface area (Å²) in [5.74, 6) is 1.39. The summed E-state index contributed by atoms with van der Waals surface area (Å²) in [7, 11) is 1.65. The molecule has 9 heteroatoms. The van der Waals surface area contributed by atoms with E-state index in [0.717, 1.165) is 18.0 Å². The number of hydrogen-bond donors (Lipinski definition) is 1. The van der Waals surface area contributed by atoms with E-state index in [1.807, 2.05) is 22.4 Å². The van der Waals surface area contributed by atoms with E-state index in [1.54, 1.807) is 18.4 Å². The maximum Gasteiger partial charge on any atom is 0.244 e. The van der Waals surface area contributed by atoms with Crippen LogP contribution in [0.3, 0.4) is 0 Å². The van der Waals surface area contributed by atoms with Crippen LogP contribution in [0.1, 0.15) is 18.9 Å². The molecule has 1 N–H and O–H groups in total. The van der Waals surface area contributed by atoms with E-state index in [4.69, 9.17) is 9.26 Å². The number of aromatic nitrogens is 2. The van der Waals surface area contributed by atoms with Gasteiger partial charge in [-0.2, -0.15) is 4.98 Å². The van der Waals surface area contributed by atoms with Crippen molar-refractivity contribution < 1.29 is 14.1 Å². The van der Waals surface area contributed by atoms with Crippen LogP contribution in [0.15, 0.2) is 22.0 Å². The fraction of sp³-hybridized carbons (Fsp3) is 0.588. The number of amides is 1. The number of piperazine rings is 1. The standard InChI is InChI=1S/C17H25N5O3S/c1-13(17-19-16(20-25-17)14-4-3-11-26-14)21-6-8-22(9-7-21)15(23)12-18-5-10-24-2/h3-4,11,13,18H,5-10,12H2,1-2H3. The van der Waals surface area contributed by atoms with Crippen LogP contribution in [0, 0.1) is 0 Å². The van der Waals surface area contributed by atoms with Crippen LogP contribution in [0.5, 0.6) is 0 Å². The molecule has 2 aromatic heterocycles. The Balaban J connectivity index is 1.48. The highest BCUT2D eigenvalue weighted by Gasteiger charge is 2.27. The van der Waals surface area contributed by atoms with E-state index < -0.39 is 0 Å². The van der Waals surface area contributed by atoms with Gasteiger partial charge >= 0.3 is 0 Å². The highest BCUT2D eigenvalue weighted by molar-refractivity contribution is 7.13. The Morgan fingerprint density at radius 2 is 2.23 bits per heavy atom. The van der Waals surface area contributed by atoms with Crippen molar-refractivity contribution in [3.8, 4) is 10.7 Å². The van der Waals surface area contributed by atoms with Gasteiger partial charge in [-0.25, -0.2) is 0 Å². The average molecular weight is 379 g/mol. The van der Waals surface area contributed by atoms with Crippen molar-refractivity contribution in [1.82, 2.24) is 25.3 Å². The Morgan fingerprint density at radius 1 is 1.42 bits per heavy atom. The normalized spacial score (nSPS) is 16.8. The van der Waals surface area contributed by atoms with E-state index in [1.165, 1.54) is 0 Å². The van der Waals surface area contributed by atoms with Gasteiger partial charge in [0, 0.05) is 39.8 Å². The lowest BCUT2D eigenvalue weighted by Crippen LogP contribution is -2.51. The maximum absolute atomic E-state index is 12.2. The lowest BCUT2D eigenvalue weighted by Gasteiger charge is -2.36. The van der Waals surface area contributed by atoms with Gasteiger partial charge in [0.2, 0.25) is 17.6 Å². The predicted molar refractivity (Wildman–Crippen MR) is 98.9 cm³/mol. The van der Waals surface area contributed by atoms with E-state index in [-0.39, 0.29) is 11.9 Å². The van der Waals surface area contributed by atoms with Gasteiger partial charge < -0.3 is 19.5 Å². The molecule has 3 heterocycles. The Hall–Kier alpha value is -1.81. The van der Waals surface area contributed by atoms with E-state index >= 15 is 0 Å². The summed E-state index contributed by atoms with van der Waals surface area (Å²) in [4.78, 5) is 21.9. The second kappa shape index (κ2) is 9.22. The molecule has 1 fully saturated rings. The molecule has 26 heavy (non-hydrogen) atoms. The van der Waals surface area contributed by atoms with E-state index in [9.17, 15) is 4.79 Å². The Labute approximate surface area is 157 Å². The second-order valence-corrected chi connectivity index (χ2v) is 7.14. The SMILES string of the molecule is COCCNCC(=O)N1CCN(C(C)c2nc(-c3cccs3)no2)CC1. The first-order valence-electron chi connectivity index (χ1n) is 8.78. The molecule has 0 bridgehead atoms. The summed E-state index contributed by atoms with van der Waals surface area (Å²) >= 11 is 1.59. The first-order chi connectivity index (χ1) is 12.7. The molecule has 1 aliphatic rings. The van der Waals surface area contributed by atoms with Crippen LogP contribution in [0.2, 0.25) is 0 Å². The third-order valence-corrected chi connectivity index (χ3v) is 5.38. The third kappa shape index (κ3) is 4.67. The van der Waals surface area contributed by atoms with Crippen LogP contribution < -0.4 is 5.32 Å². The molecular weight excluding hydrogens is 354 g/mol. The van der Waals surface area contributed by atoms with Gasteiger partial charge in [-0.1, -0.05) is 11.2 Å². The fourth-order valence-corrected chi connectivity index (χ4v) is 3.56. The minimum Gasteiger partial charge on any atom is -0.383 e. The molecule has 0 spiro atoms. The van der Waals surface area contributed by atoms with E-state index in [2.05, 4.69) is 27.3 Å². The first-order valence-corrected chi connectivity index (χ1v) is 9.66. The first kappa shape index (κ1) is 19.0. The number of methoxy groups -OCH3 is 1. The molecule has 0 aromatic carbocycles. The minimum absolute atomic E-state index is 0.0355. The minimum atomic E-state index is 0.0355. The number of thiophene rings is 1. The van der Waals surface area contributed by atoms with Gasteiger partial charge in [-0.15, -0.1) is 11.3 Å². The smallest absolute Gasteiger partial charge is 0.244 e. The van der Waals surface area contributed by atoms with Crippen molar-refractivity contribution in [2.24, 2.45) is 0 Å². The van der Waals surface area contributed by atoms with Crippen LogP contribution in [0.25, 0.3) is 10.7 Å². The molecule has 8 nitrogen and oxygen atoms in total. The summed E-state index contributed by atoms with van der Waals surface area (Å²) in [6, 6.07) is 3.99. The lowest BCUT2D eigenvalue weighted by molar-refractivity contribution is -0.132. The Bertz CT molecular complexity index is 682. The molecule has 0 radical (unpaired) electrons. The molecule has 1 amide bonds. The van der Waals surface area contributed by atoms with Crippen molar-refractivity contribution >= 4 is 17.2 Å². The van der Waals surface area contributed by atoms with Crippen LogP contribution in [-0.2, 0) is 9.53 Å². The number of ether oxygens (including phenoxy) is 1. The van der Waals surface area contributed by atoms with Gasteiger partial charge in [-0.05, 0) is 18.4 Å². The summed E-state index contributed by atoms with van der Waals surface area (Å²) < 4.78 is 10.4. The molecule has 0 saturated carbocycles. The number of hydrogen-bond acceptors (Lipinski definition) is 8. The second-order valence-electron chi connectivity index (χ2n) is 6.20. The Kier molecular flexibility index (Phi) is 6.73. The zero-order valence-electron chi connectivity index (χ0n) is 15.2. The van der Waals surface area contributed by atoms with Crippen molar-refractivity contribution in [2.45, 2.75) is 13.0 Å². The molecule has 0 aliphatic carbocycles. The molecule has 1 aliphatic heterocycles. The summed E-state index contributed by atoms with van der Waals surface area (Å²) in [5.41, 5.74) is 0. The number of carbonyl (C=O) groups is 1. The number of nitrogens with zero attached hydrogens (tertiary/aromatic N) is 4. The van der Waals surface area contributed by atoms with Gasteiger partial charge in [0.05, 0.1) is 24.1 Å². The largest absolute Gasteiger partial charge is 0.383 e. The summed E-state index contributed by atoms with van der Waals surface area (Å²) in [5, 5.41) is 9.17. The van der Waals surface area contributed by atoms with Gasteiger partial charge in [0.15, 0.2) is 0 Å². The van der Waals surface area contributed by atoms with Crippen LogP contribution in [-0.4, -0.2) is 78.8 Å². The summed E-state index contributed by atoms with van der Waals surface area (Å²) in [6.07, 6.45) is 0. The zero-order chi connectivity index (χ0) is 18.4. The van der Waals surface area contributed by atoms with E-state index in [0.29, 0.717) is 44.5 Å². The van der Waals surface area contributed by atoms with Crippen molar-refractivity contribution in [1.29, 1.82) is 0 Å². The van der Waals surface area contributed by atoms with Gasteiger partial charge in [-0.3, -0.25) is 9.69 Å². The van der Waals surface area contributed by atoms with Crippen LogP contribution >= 0.6 is 11.3 Å². The molecule has 1 atom stereocenters.